The molecule has 0 aliphatic heterocycles. The van der Waals surface area contributed by atoms with Crippen molar-refractivity contribution in [3.8, 4) is 27.9 Å². The fourth-order valence-electron chi connectivity index (χ4n) is 8.34. The second-order valence-electron chi connectivity index (χ2n) is 13.4. The standard InChI is InChI=1S/C45H31N/c1-45(2)38-17-9-8-16-36(38)43-41-33(14-10-18-39(41)45)27-40-42(43)37-24-22-29-13-6-7-15-35(29)44(37)46(40)34-23-21-31-25-30(19-20-32(31)26-34)28-11-4-3-5-12-28/h3-27H,1-2H3. The first-order valence-corrected chi connectivity index (χ1v) is 16.2. The van der Waals surface area contributed by atoms with Crippen LogP contribution in [0.25, 0.3) is 82.1 Å². The molecule has 1 heterocycles. The van der Waals surface area contributed by atoms with Crippen LogP contribution in [-0.2, 0) is 5.41 Å². The summed E-state index contributed by atoms with van der Waals surface area (Å²) in [6, 6.07) is 56.3. The van der Waals surface area contributed by atoms with Gasteiger partial charge in [-0.3, -0.25) is 0 Å². The minimum absolute atomic E-state index is 0.0845. The van der Waals surface area contributed by atoms with E-state index in [1.54, 1.807) is 0 Å². The van der Waals surface area contributed by atoms with Crippen LogP contribution in [0.5, 0.6) is 0 Å². The number of aromatic nitrogens is 1. The number of fused-ring (bicyclic) bond motifs is 9. The monoisotopic (exact) mass is 585 g/mol. The second-order valence-corrected chi connectivity index (χ2v) is 13.4. The predicted octanol–water partition coefficient (Wildman–Crippen LogP) is 12.2. The Morgan fingerprint density at radius 3 is 2.09 bits per heavy atom. The van der Waals surface area contributed by atoms with Gasteiger partial charge in [0.05, 0.1) is 11.0 Å². The van der Waals surface area contributed by atoms with Crippen molar-refractivity contribution in [1.29, 1.82) is 0 Å². The van der Waals surface area contributed by atoms with E-state index in [9.17, 15) is 0 Å². The van der Waals surface area contributed by atoms with Crippen molar-refractivity contribution in [3.05, 3.63) is 163 Å². The van der Waals surface area contributed by atoms with Gasteiger partial charge in [-0.05, 0) is 79.0 Å². The van der Waals surface area contributed by atoms with E-state index >= 15 is 0 Å². The second kappa shape index (κ2) is 9.19. The smallest absolute Gasteiger partial charge is 0.0619 e. The zero-order valence-corrected chi connectivity index (χ0v) is 25.9. The average molecular weight is 586 g/mol. The molecule has 1 heteroatoms. The lowest BCUT2D eigenvalue weighted by Gasteiger charge is -2.35. The van der Waals surface area contributed by atoms with Gasteiger partial charge >= 0.3 is 0 Å². The summed E-state index contributed by atoms with van der Waals surface area (Å²) < 4.78 is 2.53. The lowest BCUT2D eigenvalue weighted by Crippen LogP contribution is -2.23. The van der Waals surface area contributed by atoms with Crippen LogP contribution in [0.3, 0.4) is 0 Å². The summed E-state index contributed by atoms with van der Waals surface area (Å²) in [7, 11) is 0. The molecule has 0 fully saturated rings. The molecule has 1 nitrogen and oxygen atoms in total. The van der Waals surface area contributed by atoms with E-state index in [0.717, 1.165) is 0 Å². The van der Waals surface area contributed by atoms with Crippen LogP contribution in [0.2, 0.25) is 0 Å². The first-order chi connectivity index (χ1) is 22.6. The van der Waals surface area contributed by atoms with Crippen molar-refractivity contribution < 1.29 is 0 Å². The third kappa shape index (κ3) is 3.40. The molecule has 0 bridgehead atoms. The molecule has 0 unspecified atom stereocenters. The lowest BCUT2D eigenvalue weighted by molar-refractivity contribution is 0.645. The maximum atomic E-state index is 2.53. The van der Waals surface area contributed by atoms with Gasteiger partial charge in [-0.2, -0.15) is 0 Å². The maximum Gasteiger partial charge on any atom is 0.0619 e. The van der Waals surface area contributed by atoms with Gasteiger partial charge in [0.1, 0.15) is 0 Å². The molecule has 10 rings (SSSR count). The van der Waals surface area contributed by atoms with E-state index in [1.165, 1.54) is 93.2 Å². The third-order valence-electron chi connectivity index (χ3n) is 10.5. The summed E-state index contributed by atoms with van der Waals surface area (Å²) in [5.41, 5.74) is 11.6. The Balaban J connectivity index is 1.36. The van der Waals surface area contributed by atoms with Crippen molar-refractivity contribution in [2.45, 2.75) is 19.3 Å². The van der Waals surface area contributed by atoms with Gasteiger partial charge in [-0.15, -0.1) is 0 Å². The summed E-state index contributed by atoms with van der Waals surface area (Å²) in [5, 5.41) is 10.3. The Labute approximate surface area is 268 Å². The van der Waals surface area contributed by atoms with E-state index < -0.39 is 0 Å². The molecule has 0 saturated carbocycles. The molecular weight excluding hydrogens is 555 g/mol. The predicted molar refractivity (Wildman–Crippen MR) is 196 cm³/mol. The minimum Gasteiger partial charge on any atom is -0.309 e. The number of rotatable bonds is 2. The third-order valence-corrected chi connectivity index (χ3v) is 10.5. The Hall–Kier alpha value is -5.66. The molecule has 0 spiro atoms. The minimum atomic E-state index is -0.0845. The summed E-state index contributed by atoms with van der Waals surface area (Å²) in [6.45, 7) is 4.76. The van der Waals surface area contributed by atoms with E-state index in [2.05, 4.69) is 170 Å². The molecule has 1 aromatic heterocycles. The molecule has 1 aliphatic rings. The molecule has 0 saturated heterocycles. The van der Waals surface area contributed by atoms with Gasteiger partial charge in [0, 0.05) is 32.8 Å². The van der Waals surface area contributed by atoms with Crippen molar-refractivity contribution in [1.82, 2.24) is 4.57 Å². The number of benzene rings is 8. The van der Waals surface area contributed by atoms with Crippen LogP contribution in [0.4, 0.5) is 0 Å². The van der Waals surface area contributed by atoms with Crippen LogP contribution in [0.1, 0.15) is 25.0 Å². The van der Waals surface area contributed by atoms with Crippen molar-refractivity contribution in [2.75, 3.05) is 0 Å². The quantitative estimate of drug-likeness (QED) is 0.190. The van der Waals surface area contributed by atoms with Gasteiger partial charge in [-0.25, -0.2) is 0 Å². The molecule has 8 aromatic carbocycles. The summed E-state index contributed by atoms with van der Waals surface area (Å²) in [6.07, 6.45) is 0. The van der Waals surface area contributed by atoms with E-state index in [1.807, 2.05) is 0 Å². The van der Waals surface area contributed by atoms with Crippen LogP contribution in [0, 0.1) is 0 Å². The molecule has 0 N–H and O–H groups in total. The van der Waals surface area contributed by atoms with Gasteiger partial charge in [0.2, 0.25) is 0 Å². The molecule has 216 valence electrons. The largest absolute Gasteiger partial charge is 0.309 e. The molecule has 1 aliphatic carbocycles. The molecular formula is C45H31N. The normalized spacial score (nSPS) is 13.6. The zero-order chi connectivity index (χ0) is 30.6. The summed E-state index contributed by atoms with van der Waals surface area (Å²) in [5.74, 6) is 0. The topological polar surface area (TPSA) is 4.93 Å². The SMILES string of the molecule is CC1(C)c2ccccc2-c2c3c1cccc3cc1c2c2ccc3ccccc3c2n1-c1ccc2cc(-c3ccccc3)ccc2c1. The maximum absolute atomic E-state index is 2.53. The van der Waals surface area contributed by atoms with Crippen molar-refractivity contribution in [2.24, 2.45) is 0 Å². The van der Waals surface area contributed by atoms with E-state index in [4.69, 9.17) is 0 Å². The number of hydrogen-bond donors (Lipinski definition) is 0. The summed E-state index contributed by atoms with van der Waals surface area (Å²) in [4.78, 5) is 0. The van der Waals surface area contributed by atoms with Gasteiger partial charge in [0.25, 0.3) is 0 Å². The van der Waals surface area contributed by atoms with Crippen LogP contribution in [0.15, 0.2) is 152 Å². The van der Waals surface area contributed by atoms with Crippen molar-refractivity contribution >= 4 is 54.1 Å². The van der Waals surface area contributed by atoms with Crippen LogP contribution in [-0.4, -0.2) is 4.57 Å². The van der Waals surface area contributed by atoms with Gasteiger partial charge in [0.15, 0.2) is 0 Å². The molecule has 46 heavy (non-hydrogen) atoms. The van der Waals surface area contributed by atoms with E-state index in [-0.39, 0.29) is 5.41 Å². The van der Waals surface area contributed by atoms with Crippen LogP contribution >= 0.6 is 0 Å². The Bertz CT molecular complexity index is 2710. The molecule has 9 aromatic rings. The Kier molecular flexibility index (Phi) is 5.12. The molecule has 0 amide bonds. The summed E-state index contributed by atoms with van der Waals surface area (Å²) >= 11 is 0. The first kappa shape index (κ1) is 25.6. The Morgan fingerprint density at radius 2 is 1.17 bits per heavy atom. The first-order valence-electron chi connectivity index (χ1n) is 16.2. The van der Waals surface area contributed by atoms with Gasteiger partial charge < -0.3 is 4.57 Å². The van der Waals surface area contributed by atoms with E-state index in [0.29, 0.717) is 0 Å². The highest BCUT2D eigenvalue weighted by molar-refractivity contribution is 6.28. The van der Waals surface area contributed by atoms with Crippen molar-refractivity contribution in [3.63, 3.8) is 0 Å². The molecule has 0 radical (unpaired) electrons. The highest BCUT2D eigenvalue weighted by Crippen LogP contribution is 2.53. The fourth-order valence-corrected chi connectivity index (χ4v) is 8.34. The highest BCUT2D eigenvalue weighted by atomic mass is 15.0. The molecule has 0 atom stereocenters. The van der Waals surface area contributed by atoms with Crippen LogP contribution < -0.4 is 0 Å². The fraction of sp³-hybridized carbons (Fsp3) is 0.0667. The number of hydrogen-bond acceptors (Lipinski definition) is 0. The average Bonchev–Trinajstić information content (AvgIpc) is 3.44. The lowest BCUT2D eigenvalue weighted by atomic mass is 9.68. The highest BCUT2D eigenvalue weighted by Gasteiger charge is 2.35. The number of nitrogens with zero attached hydrogens (tertiary/aromatic N) is 1. The Morgan fingerprint density at radius 1 is 0.457 bits per heavy atom. The van der Waals surface area contributed by atoms with Gasteiger partial charge in [-0.1, -0.05) is 141 Å². The zero-order valence-electron chi connectivity index (χ0n) is 25.9.